The number of likely N-dealkylation sites (N-methyl/N-ethyl adjacent to an activating group) is 1. The van der Waals surface area contributed by atoms with Crippen LogP contribution < -0.4 is 5.43 Å². The molecule has 2 atom stereocenters. The third-order valence-corrected chi connectivity index (χ3v) is 10.6. The summed E-state index contributed by atoms with van der Waals surface area (Å²) in [5, 5.41) is 21.3. The third kappa shape index (κ3) is 4.71. The van der Waals surface area contributed by atoms with Crippen molar-refractivity contribution in [2.45, 2.75) is 77.4 Å². The molecule has 2 aliphatic rings. The largest absolute Gasteiger partial charge is 0.453 e. The van der Waals surface area contributed by atoms with Gasteiger partial charge in [0.25, 0.3) is 8.32 Å². The molecule has 2 aliphatic heterocycles. The fraction of sp³-hybridized carbons (Fsp3) is 0.714. The molecule has 0 aromatic carbocycles. The number of aryl methyl sites for hydroxylation is 1. The molecule has 12 nitrogen and oxygen atoms in total. The van der Waals surface area contributed by atoms with E-state index < -0.39 is 38.1 Å². The summed E-state index contributed by atoms with van der Waals surface area (Å²) in [6.07, 6.45) is 0.963. The smallest absolute Gasteiger partial charge is 0.426 e. The van der Waals surface area contributed by atoms with Crippen LogP contribution in [0, 0.1) is 0 Å². The van der Waals surface area contributed by atoms with Crippen LogP contribution in [-0.2, 0) is 16.3 Å². The molecule has 0 spiro atoms. The van der Waals surface area contributed by atoms with Gasteiger partial charge in [-0.15, -0.1) is 0 Å². The van der Waals surface area contributed by atoms with Crippen LogP contribution in [0.2, 0.25) is 18.1 Å². The van der Waals surface area contributed by atoms with Gasteiger partial charge in [-0.1, -0.05) is 25.9 Å². The van der Waals surface area contributed by atoms with Gasteiger partial charge in [0.05, 0.1) is 18.4 Å². The summed E-state index contributed by atoms with van der Waals surface area (Å²) in [6.45, 7) is 15.9. The maximum Gasteiger partial charge on any atom is 0.426 e. The number of amides is 3. The Hall–Kier alpha value is -2.80. The number of ether oxygens (including phenoxy) is 1. The fourth-order valence-electron chi connectivity index (χ4n) is 3.60. The van der Waals surface area contributed by atoms with Crippen LogP contribution in [0.15, 0.2) is 11.4 Å². The number of nitrogens with zero attached hydrogens (tertiary/aromatic N) is 6. The Bertz CT molecular complexity index is 995. The van der Waals surface area contributed by atoms with Crippen LogP contribution in [0.25, 0.3) is 0 Å². The summed E-state index contributed by atoms with van der Waals surface area (Å²) in [4.78, 5) is 27.0. The number of nitrogens with one attached hydrogen (secondary N) is 1. The monoisotopic (exact) mass is 495 g/mol. The van der Waals surface area contributed by atoms with Crippen molar-refractivity contribution in [2.75, 3.05) is 13.6 Å². The van der Waals surface area contributed by atoms with Crippen LogP contribution in [0.1, 0.15) is 64.9 Å². The minimum atomic E-state index is -2.34. The van der Waals surface area contributed by atoms with Gasteiger partial charge in [0, 0.05) is 19.7 Å². The molecule has 0 aliphatic carbocycles. The molecule has 0 radical (unpaired) electrons. The Morgan fingerprint density at radius 1 is 1.29 bits per heavy atom. The molecule has 2 bridgehead atoms. The number of hydrogen-bond acceptors (Lipinski definition) is 7. The van der Waals surface area contributed by atoms with E-state index in [2.05, 4.69) is 49.5 Å². The van der Waals surface area contributed by atoms with Crippen LogP contribution in [0.4, 0.5) is 9.59 Å². The number of oxime groups is 1. The number of hydrazine groups is 1. The average Bonchev–Trinajstić information content (AvgIpc) is 3.16. The van der Waals surface area contributed by atoms with Crippen LogP contribution in [0.5, 0.6) is 0 Å². The number of fused-ring (bicyclic) bond motifs is 4. The summed E-state index contributed by atoms with van der Waals surface area (Å²) >= 11 is 0. The van der Waals surface area contributed by atoms with Crippen molar-refractivity contribution in [3.05, 3.63) is 17.5 Å². The second-order valence-corrected chi connectivity index (χ2v) is 16.0. The maximum atomic E-state index is 12.9. The zero-order valence-corrected chi connectivity index (χ0v) is 22.7. The van der Waals surface area contributed by atoms with E-state index in [-0.39, 0.29) is 17.4 Å². The number of hydrogen-bond donors (Lipinski definition) is 2. The van der Waals surface area contributed by atoms with E-state index in [0.717, 1.165) is 0 Å². The predicted octanol–water partition coefficient (Wildman–Crippen LogP) is 3.35. The molecule has 13 heteroatoms. The highest BCUT2D eigenvalue weighted by atomic mass is 28.4. The summed E-state index contributed by atoms with van der Waals surface area (Å²) in [7, 11) is 1.03. The average molecular weight is 496 g/mol. The van der Waals surface area contributed by atoms with E-state index in [0.29, 0.717) is 16.3 Å². The van der Waals surface area contributed by atoms with Gasteiger partial charge in [-0.2, -0.15) is 10.2 Å². The van der Waals surface area contributed by atoms with Gasteiger partial charge in [-0.3, -0.25) is 14.9 Å². The summed E-state index contributed by atoms with van der Waals surface area (Å²) in [6, 6.07) is -1.84. The van der Waals surface area contributed by atoms with Gasteiger partial charge in [-0.25, -0.2) is 15.0 Å². The van der Waals surface area contributed by atoms with E-state index >= 15 is 0 Å². The lowest BCUT2D eigenvalue weighted by molar-refractivity contribution is -0.0586. The Morgan fingerprint density at radius 3 is 2.47 bits per heavy atom. The first-order chi connectivity index (χ1) is 15.4. The zero-order chi connectivity index (χ0) is 25.8. The number of carbonyl (C=O) groups excluding carboxylic acids is 2. The minimum Gasteiger partial charge on any atom is -0.453 e. The SMILES string of the molecule is CN(NC(=O)OC(C)(C)C)/C(=N\O[Si](C)(C)C(C)(C)C)[C@@H]1c2c(cnn2C)[C@@H]2CN1C(=O)N2O. The number of aromatic nitrogens is 2. The zero-order valence-electron chi connectivity index (χ0n) is 21.7. The molecule has 1 saturated heterocycles. The topological polar surface area (TPSA) is 125 Å². The Labute approximate surface area is 201 Å². The lowest BCUT2D eigenvalue weighted by Crippen LogP contribution is -2.52. The van der Waals surface area contributed by atoms with Gasteiger partial charge in [0.15, 0.2) is 5.84 Å². The lowest BCUT2D eigenvalue weighted by atomic mass is 9.97. The molecule has 0 saturated carbocycles. The Morgan fingerprint density at radius 2 is 1.91 bits per heavy atom. The predicted molar refractivity (Wildman–Crippen MR) is 127 cm³/mol. The van der Waals surface area contributed by atoms with Gasteiger partial charge >= 0.3 is 12.1 Å². The molecule has 2 N–H and O–H groups in total. The molecule has 3 rings (SSSR count). The highest BCUT2D eigenvalue weighted by Crippen LogP contribution is 2.44. The second-order valence-electron chi connectivity index (χ2n) is 11.3. The van der Waals surface area contributed by atoms with Crippen molar-refractivity contribution in [1.82, 2.24) is 30.2 Å². The van der Waals surface area contributed by atoms with Crippen molar-refractivity contribution >= 4 is 26.3 Å². The molecule has 1 fully saturated rings. The van der Waals surface area contributed by atoms with Crippen molar-refractivity contribution in [3.63, 3.8) is 0 Å². The second kappa shape index (κ2) is 8.45. The number of hydroxylamine groups is 2. The van der Waals surface area contributed by atoms with Crippen molar-refractivity contribution in [3.8, 4) is 0 Å². The van der Waals surface area contributed by atoms with E-state index in [9.17, 15) is 14.8 Å². The van der Waals surface area contributed by atoms with Gasteiger partial charge in [0.2, 0.25) is 0 Å². The molecular formula is C21H37N7O5Si. The molecular weight excluding hydrogens is 458 g/mol. The molecule has 3 amide bonds. The summed E-state index contributed by atoms with van der Waals surface area (Å²) < 4.78 is 13.2. The normalized spacial score (nSPS) is 20.9. The third-order valence-electron chi connectivity index (χ3n) is 6.47. The molecule has 3 heterocycles. The molecule has 0 unspecified atom stereocenters. The maximum absolute atomic E-state index is 12.9. The highest BCUT2D eigenvalue weighted by molar-refractivity contribution is 6.74. The van der Waals surface area contributed by atoms with E-state index in [1.54, 1.807) is 45.7 Å². The summed E-state index contributed by atoms with van der Waals surface area (Å²) in [5.74, 6) is 0.266. The Kier molecular flexibility index (Phi) is 6.41. The molecule has 1 aromatic heterocycles. The highest BCUT2D eigenvalue weighted by Gasteiger charge is 2.52. The first-order valence-electron chi connectivity index (χ1n) is 11.2. The fourth-order valence-corrected chi connectivity index (χ4v) is 4.20. The molecule has 1 aromatic rings. The molecule has 190 valence electrons. The summed E-state index contributed by atoms with van der Waals surface area (Å²) in [5.41, 5.74) is 3.36. The van der Waals surface area contributed by atoms with Crippen molar-refractivity contribution in [2.24, 2.45) is 12.2 Å². The minimum absolute atomic E-state index is 0.126. The Balaban J connectivity index is 2.06. The van der Waals surface area contributed by atoms with Gasteiger partial charge in [-0.05, 0) is 38.9 Å². The quantitative estimate of drug-likeness (QED) is 0.217. The number of carbonyl (C=O) groups is 2. The van der Waals surface area contributed by atoms with E-state index in [4.69, 9.17) is 9.26 Å². The standard InChI is InChI=1S/C21H37N7O5Si/c1-20(2,3)32-18(29)23-26(8)17(24-33-34(9,10)21(4,5)6)16-15-13(11-22-25(15)7)14-12-27(16)19(30)28(14)31/h11,14,16,31H,12H2,1-10H3,(H,23,29)/b24-17-/t14-,16-/m0/s1. The first kappa shape index (κ1) is 25.8. The van der Waals surface area contributed by atoms with Crippen LogP contribution in [0.3, 0.4) is 0 Å². The number of urea groups is 1. The van der Waals surface area contributed by atoms with Crippen molar-refractivity contribution in [1.29, 1.82) is 0 Å². The number of rotatable bonds is 3. The first-order valence-corrected chi connectivity index (χ1v) is 14.2. The number of amidine groups is 1. The van der Waals surface area contributed by atoms with Crippen LogP contribution >= 0.6 is 0 Å². The van der Waals surface area contributed by atoms with Crippen LogP contribution in [-0.4, -0.2) is 75.4 Å². The van der Waals surface area contributed by atoms with E-state index in [1.807, 2.05) is 0 Å². The van der Waals surface area contributed by atoms with E-state index in [1.165, 1.54) is 9.91 Å². The van der Waals surface area contributed by atoms with Gasteiger partial charge < -0.3 is 14.2 Å². The van der Waals surface area contributed by atoms with Crippen molar-refractivity contribution < 1.29 is 24.1 Å². The molecule has 34 heavy (non-hydrogen) atoms. The van der Waals surface area contributed by atoms with Gasteiger partial charge in [0.1, 0.15) is 17.7 Å². The lowest BCUT2D eigenvalue weighted by Gasteiger charge is -2.37.